The SMILES string of the molecule is NC(=S)c1cnc2ccccc2c1Nc1ccccc1Br. The number of nitrogens with two attached hydrogens (primary N) is 1. The average Bonchev–Trinajstić information content (AvgIpc) is 2.49. The Labute approximate surface area is 136 Å². The van der Waals surface area contributed by atoms with Crippen LogP contribution in [0.5, 0.6) is 0 Å². The van der Waals surface area contributed by atoms with Crippen molar-refractivity contribution in [3.63, 3.8) is 0 Å². The zero-order valence-corrected chi connectivity index (χ0v) is 13.4. The highest BCUT2D eigenvalue weighted by Gasteiger charge is 2.12. The van der Waals surface area contributed by atoms with Crippen molar-refractivity contribution in [3.8, 4) is 0 Å². The van der Waals surface area contributed by atoms with E-state index in [0.717, 1.165) is 32.3 Å². The molecule has 0 aliphatic heterocycles. The number of hydrogen-bond acceptors (Lipinski definition) is 3. The minimum Gasteiger partial charge on any atom is -0.389 e. The molecule has 3 nitrogen and oxygen atoms in total. The summed E-state index contributed by atoms with van der Waals surface area (Å²) >= 11 is 8.68. The molecule has 0 aliphatic rings. The topological polar surface area (TPSA) is 50.9 Å². The highest BCUT2D eigenvalue weighted by molar-refractivity contribution is 9.10. The fourth-order valence-corrected chi connectivity index (χ4v) is 2.70. The fourth-order valence-electron chi connectivity index (χ4n) is 2.16. The molecule has 104 valence electrons. The lowest BCUT2D eigenvalue weighted by Crippen LogP contribution is -2.13. The summed E-state index contributed by atoms with van der Waals surface area (Å²) in [5, 5.41) is 4.40. The third kappa shape index (κ3) is 2.75. The van der Waals surface area contributed by atoms with Crippen LogP contribution in [0.25, 0.3) is 10.9 Å². The van der Waals surface area contributed by atoms with E-state index in [9.17, 15) is 0 Å². The quantitative estimate of drug-likeness (QED) is 0.683. The van der Waals surface area contributed by atoms with E-state index in [2.05, 4.69) is 26.2 Å². The maximum Gasteiger partial charge on any atom is 0.107 e. The van der Waals surface area contributed by atoms with Gasteiger partial charge in [-0.25, -0.2) is 0 Å². The molecule has 3 aromatic rings. The lowest BCUT2D eigenvalue weighted by Gasteiger charge is -2.15. The van der Waals surface area contributed by atoms with Gasteiger partial charge in [0.1, 0.15) is 4.99 Å². The van der Waals surface area contributed by atoms with Gasteiger partial charge in [-0.05, 0) is 34.1 Å². The normalized spacial score (nSPS) is 10.5. The van der Waals surface area contributed by atoms with Crippen molar-refractivity contribution in [3.05, 3.63) is 64.8 Å². The maximum atomic E-state index is 5.84. The number of hydrogen-bond donors (Lipinski definition) is 2. The third-order valence-corrected chi connectivity index (χ3v) is 4.09. The Morgan fingerprint density at radius 2 is 1.81 bits per heavy atom. The van der Waals surface area contributed by atoms with E-state index in [0.29, 0.717) is 4.99 Å². The molecular weight excluding hydrogens is 346 g/mol. The van der Waals surface area contributed by atoms with Crippen LogP contribution in [0.3, 0.4) is 0 Å². The molecule has 0 saturated heterocycles. The summed E-state index contributed by atoms with van der Waals surface area (Å²) in [6.45, 7) is 0. The van der Waals surface area contributed by atoms with Crippen molar-refractivity contribution in [1.29, 1.82) is 0 Å². The van der Waals surface area contributed by atoms with Gasteiger partial charge in [0.25, 0.3) is 0 Å². The fraction of sp³-hybridized carbons (Fsp3) is 0. The van der Waals surface area contributed by atoms with Gasteiger partial charge < -0.3 is 11.1 Å². The molecule has 21 heavy (non-hydrogen) atoms. The van der Waals surface area contributed by atoms with Gasteiger partial charge in [0.15, 0.2) is 0 Å². The number of halogens is 1. The van der Waals surface area contributed by atoms with Crippen LogP contribution in [-0.4, -0.2) is 9.97 Å². The van der Waals surface area contributed by atoms with Crippen molar-refractivity contribution in [1.82, 2.24) is 4.98 Å². The molecule has 0 amide bonds. The van der Waals surface area contributed by atoms with Gasteiger partial charge in [-0.3, -0.25) is 4.98 Å². The molecule has 1 heterocycles. The highest BCUT2D eigenvalue weighted by atomic mass is 79.9. The van der Waals surface area contributed by atoms with E-state index in [1.165, 1.54) is 0 Å². The Balaban J connectivity index is 2.21. The van der Waals surface area contributed by atoms with E-state index in [4.69, 9.17) is 18.0 Å². The van der Waals surface area contributed by atoms with Crippen molar-refractivity contribution in [2.24, 2.45) is 5.73 Å². The van der Waals surface area contributed by atoms with Crippen molar-refractivity contribution in [2.75, 3.05) is 5.32 Å². The molecule has 0 spiro atoms. The van der Waals surface area contributed by atoms with E-state index >= 15 is 0 Å². The zero-order valence-electron chi connectivity index (χ0n) is 11.0. The Bertz CT molecular complexity index is 833. The van der Waals surface area contributed by atoms with Crippen LogP contribution in [0.4, 0.5) is 11.4 Å². The first-order valence-corrected chi connectivity index (χ1v) is 7.56. The number of thiocarbonyl (C=S) groups is 1. The molecule has 5 heteroatoms. The molecular formula is C16H12BrN3S. The summed E-state index contributed by atoms with van der Waals surface area (Å²) in [6.07, 6.45) is 1.71. The van der Waals surface area contributed by atoms with Gasteiger partial charge >= 0.3 is 0 Å². The third-order valence-electron chi connectivity index (χ3n) is 3.17. The summed E-state index contributed by atoms with van der Waals surface area (Å²) in [5.41, 5.74) is 9.29. The molecule has 0 radical (unpaired) electrons. The predicted molar refractivity (Wildman–Crippen MR) is 95.1 cm³/mol. The zero-order chi connectivity index (χ0) is 14.8. The Hall–Kier alpha value is -1.98. The van der Waals surface area contributed by atoms with Crippen LogP contribution < -0.4 is 11.1 Å². The second-order valence-electron chi connectivity index (χ2n) is 4.53. The molecule has 0 bridgehead atoms. The van der Waals surface area contributed by atoms with Crippen LogP contribution in [0, 0.1) is 0 Å². The summed E-state index contributed by atoms with van der Waals surface area (Å²) in [5.74, 6) is 0. The smallest absolute Gasteiger partial charge is 0.107 e. The minimum atomic E-state index is 0.322. The molecule has 0 fully saturated rings. The number of fused-ring (bicyclic) bond motifs is 1. The van der Waals surface area contributed by atoms with Crippen LogP contribution >= 0.6 is 28.1 Å². The van der Waals surface area contributed by atoms with E-state index in [1.54, 1.807) is 6.20 Å². The molecule has 0 atom stereocenters. The van der Waals surface area contributed by atoms with Gasteiger partial charge in [0, 0.05) is 16.1 Å². The van der Waals surface area contributed by atoms with Gasteiger partial charge in [0.2, 0.25) is 0 Å². The number of nitrogens with zero attached hydrogens (tertiary/aromatic N) is 1. The largest absolute Gasteiger partial charge is 0.389 e. The lowest BCUT2D eigenvalue weighted by molar-refractivity contribution is 1.38. The summed E-state index contributed by atoms with van der Waals surface area (Å²) in [6, 6.07) is 15.8. The predicted octanol–water partition coefficient (Wildman–Crippen LogP) is 4.38. The van der Waals surface area contributed by atoms with Crippen molar-refractivity contribution >= 4 is 55.4 Å². The van der Waals surface area contributed by atoms with E-state index in [-0.39, 0.29) is 0 Å². The first-order valence-electron chi connectivity index (χ1n) is 6.36. The van der Waals surface area contributed by atoms with Gasteiger partial charge in [-0.1, -0.05) is 42.5 Å². The molecule has 0 saturated carbocycles. The molecule has 3 N–H and O–H groups in total. The van der Waals surface area contributed by atoms with Crippen LogP contribution in [0.1, 0.15) is 5.56 Å². The molecule has 0 aliphatic carbocycles. The number of benzene rings is 2. The van der Waals surface area contributed by atoms with E-state index in [1.807, 2.05) is 48.5 Å². The second-order valence-corrected chi connectivity index (χ2v) is 5.83. The van der Waals surface area contributed by atoms with Gasteiger partial charge in [-0.2, -0.15) is 0 Å². The van der Waals surface area contributed by atoms with Crippen LogP contribution in [0.2, 0.25) is 0 Å². The maximum absolute atomic E-state index is 5.84. The Kier molecular flexibility index (Phi) is 3.86. The number of nitrogens with one attached hydrogen (secondary N) is 1. The molecule has 3 rings (SSSR count). The van der Waals surface area contributed by atoms with Crippen molar-refractivity contribution < 1.29 is 0 Å². The number of aromatic nitrogens is 1. The average molecular weight is 358 g/mol. The number of pyridine rings is 1. The first kappa shape index (κ1) is 14.0. The van der Waals surface area contributed by atoms with Crippen LogP contribution in [-0.2, 0) is 0 Å². The molecule has 1 aromatic heterocycles. The highest BCUT2D eigenvalue weighted by Crippen LogP contribution is 2.32. The second kappa shape index (κ2) is 5.79. The van der Waals surface area contributed by atoms with Crippen LogP contribution in [0.15, 0.2) is 59.2 Å². The van der Waals surface area contributed by atoms with Crippen molar-refractivity contribution in [2.45, 2.75) is 0 Å². The van der Waals surface area contributed by atoms with Gasteiger partial charge in [0.05, 0.1) is 22.5 Å². The number of rotatable bonds is 3. The first-order chi connectivity index (χ1) is 10.2. The lowest BCUT2D eigenvalue weighted by atomic mass is 10.1. The minimum absolute atomic E-state index is 0.322. The summed E-state index contributed by atoms with van der Waals surface area (Å²) in [7, 11) is 0. The monoisotopic (exact) mass is 357 g/mol. The Morgan fingerprint density at radius 3 is 2.57 bits per heavy atom. The number of para-hydroxylation sites is 2. The standard InChI is InChI=1S/C16H12BrN3S/c17-12-6-2-4-8-14(12)20-15-10-5-1-3-7-13(10)19-9-11(15)16(18)21/h1-9H,(H2,18,21)(H,19,20). The summed E-state index contributed by atoms with van der Waals surface area (Å²) in [4.78, 5) is 4.73. The Morgan fingerprint density at radius 1 is 1.10 bits per heavy atom. The number of anilines is 2. The molecule has 2 aromatic carbocycles. The van der Waals surface area contributed by atoms with Gasteiger partial charge in [-0.15, -0.1) is 0 Å². The molecule has 0 unspecified atom stereocenters. The summed E-state index contributed by atoms with van der Waals surface area (Å²) < 4.78 is 0.972. The van der Waals surface area contributed by atoms with E-state index < -0.39 is 0 Å².